The summed E-state index contributed by atoms with van der Waals surface area (Å²) in [5.41, 5.74) is 2.16. The summed E-state index contributed by atoms with van der Waals surface area (Å²) in [6.45, 7) is 0. The lowest BCUT2D eigenvalue weighted by Gasteiger charge is -1.82. The van der Waals surface area contributed by atoms with Crippen LogP contribution in [0.15, 0.2) is 16.8 Å². The van der Waals surface area contributed by atoms with Crippen LogP contribution in [0.3, 0.4) is 0 Å². The molecule has 58 valence electrons. The fourth-order valence-electron chi connectivity index (χ4n) is 1.09. The van der Waals surface area contributed by atoms with Gasteiger partial charge < -0.3 is 0 Å². The van der Waals surface area contributed by atoms with Gasteiger partial charge in [-0.1, -0.05) is 4.49 Å². The van der Waals surface area contributed by atoms with Crippen molar-refractivity contribution in [1.29, 1.82) is 0 Å². The average Bonchev–Trinajstić information content (AvgIpc) is 2.71. The van der Waals surface area contributed by atoms with Crippen LogP contribution in [0.2, 0.25) is 0 Å². The first-order chi connectivity index (χ1) is 5.95. The highest BCUT2D eigenvalue weighted by molar-refractivity contribution is 7.13. The van der Waals surface area contributed by atoms with Gasteiger partial charge in [0.2, 0.25) is 0 Å². The molecular formula is C6H2N4OS. The Morgan fingerprint density at radius 1 is 1.17 bits per heavy atom. The van der Waals surface area contributed by atoms with Crippen molar-refractivity contribution in [2.24, 2.45) is 0 Å². The Bertz CT molecular complexity index is 493. The smallest absolute Gasteiger partial charge is 0.164 e. The monoisotopic (exact) mass is 178 g/mol. The quantitative estimate of drug-likeness (QED) is 0.518. The SMILES string of the molecule is c1cc2snnc2c2nonc12. The minimum atomic E-state index is 0.682. The largest absolute Gasteiger partial charge is 0.243 e. The van der Waals surface area contributed by atoms with Gasteiger partial charge in [0.25, 0.3) is 0 Å². The minimum Gasteiger partial charge on any atom is -0.243 e. The Kier molecular flexibility index (Phi) is 0.991. The van der Waals surface area contributed by atoms with Crippen molar-refractivity contribution in [1.82, 2.24) is 19.9 Å². The Labute approximate surface area is 70.1 Å². The molecule has 0 saturated heterocycles. The number of nitrogens with zero attached hydrogens (tertiary/aromatic N) is 4. The lowest BCUT2D eigenvalue weighted by atomic mass is 10.3. The first kappa shape index (κ1) is 6.01. The second kappa shape index (κ2) is 1.98. The van der Waals surface area contributed by atoms with E-state index in [0.717, 1.165) is 15.7 Å². The van der Waals surface area contributed by atoms with Crippen LogP contribution < -0.4 is 0 Å². The van der Waals surface area contributed by atoms with Crippen LogP contribution in [0, 0.1) is 0 Å². The number of hydrogen-bond donors (Lipinski definition) is 0. The van der Waals surface area contributed by atoms with E-state index >= 15 is 0 Å². The van der Waals surface area contributed by atoms with E-state index in [1.165, 1.54) is 11.5 Å². The van der Waals surface area contributed by atoms with Crippen LogP contribution in [0.1, 0.15) is 0 Å². The van der Waals surface area contributed by atoms with Gasteiger partial charge in [-0.05, 0) is 34.0 Å². The number of rotatable bonds is 0. The van der Waals surface area contributed by atoms with Crippen molar-refractivity contribution >= 4 is 32.8 Å². The zero-order chi connectivity index (χ0) is 7.97. The van der Waals surface area contributed by atoms with E-state index in [4.69, 9.17) is 0 Å². The maximum Gasteiger partial charge on any atom is 0.164 e. The topological polar surface area (TPSA) is 64.7 Å². The molecule has 0 radical (unpaired) electrons. The van der Waals surface area contributed by atoms with Crippen molar-refractivity contribution in [3.8, 4) is 0 Å². The molecule has 0 aliphatic rings. The number of aromatic nitrogens is 4. The Balaban J connectivity index is 2.71. The molecule has 6 heteroatoms. The predicted octanol–water partition coefficient (Wildman–Crippen LogP) is 1.23. The molecule has 0 atom stereocenters. The van der Waals surface area contributed by atoms with E-state index in [1.807, 2.05) is 12.1 Å². The van der Waals surface area contributed by atoms with Gasteiger partial charge in [0.05, 0.1) is 4.70 Å². The molecule has 0 fully saturated rings. The second-order valence-electron chi connectivity index (χ2n) is 2.32. The predicted molar refractivity (Wildman–Crippen MR) is 42.8 cm³/mol. The van der Waals surface area contributed by atoms with Gasteiger partial charge in [0.1, 0.15) is 11.0 Å². The summed E-state index contributed by atoms with van der Waals surface area (Å²) < 4.78 is 9.39. The minimum absolute atomic E-state index is 0.682. The fourth-order valence-corrected chi connectivity index (χ4v) is 1.66. The Morgan fingerprint density at radius 3 is 3.17 bits per heavy atom. The molecule has 12 heavy (non-hydrogen) atoms. The number of benzene rings is 1. The van der Waals surface area contributed by atoms with Crippen LogP contribution in [0.25, 0.3) is 21.3 Å². The van der Waals surface area contributed by atoms with Gasteiger partial charge in [-0.2, -0.15) is 0 Å². The van der Waals surface area contributed by atoms with E-state index in [1.54, 1.807) is 0 Å². The zero-order valence-electron chi connectivity index (χ0n) is 5.76. The summed E-state index contributed by atoms with van der Waals surface area (Å²) in [4.78, 5) is 0. The molecule has 0 bridgehead atoms. The normalized spacial score (nSPS) is 11.3. The third-order valence-electron chi connectivity index (χ3n) is 1.64. The summed E-state index contributed by atoms with van der Waals surface area (Å²) in [6, 6.07) is 3.75. The van der Waals surface area contributed by atoms with Gasteiger partial charge in [-0.15, -0.1) is 5.10 Å². The molecule has 0 aliphatic carbocycles. The summed E-state index contributed by atoms with van der Waals surface area (Å²) in [7, 11) is 0. The van der Waals surface area contributed by atoms with Gasteiger partial charge >= 0.3 is 0 Å². The Morgan fingerprint density at radius 2 is 2.17 bits per heavy atom. The first-order valence-corrected chi connectivity index (χ1v) is 4.06. The van der Waals surface area contributed by atoms with Gasteiger partial charge in [-0.25, -0.2) is 4.63 Å². The molecule has 0 spiro atoms. The molecule has 1 aromatic carbocycles. The molecule has 2 heterocycles. The van der Waals surface area contributed by atoms with Crippen LogP contribution in [-0.2, 0) is 0 Å². The molecular weight excluding hydrogens is 176 g/mol. The summed E-state index contributed by atoms with van der Waals surface area (Å²) in [5, 5.41) is 11.4. The van der Waals surface area contributed by atoms with E-state index < -0.39 is 0 Å². The molecule has 2 aromatic heterocycles. The van der Waals surface area contributed by atoms with Crippen molar-refractivity contribution in [3.63, 3.8) is 0 Å². The summed E-state index contributed by atoms with van der Waals surface area (Å²) in [6.07, 6.45) is 0. The highest BCUT2D eigenvalue weighted by Gasteiger charge is 2.07. The maximum absolute atomic E-state index is 4.58. The maximum atomic E-state index is 4.58. The molecule has 0 N–H and O–H groups in total. The van der Waals surface area contributed by atoms with Gasteiger partial charge in [0, 0.05) is 0 Å². The van der Waals surface area contributed by atoms with Crippen molar-refractivity contribution in [3.05, 3.63) is 12.1 Å². The number of hydrogen-bond acceptors (Lipinski definition) is 6. The second-order valence-corrected chi connectivity index (χ2v) is 3.10. The van der Waals surface area contributed by atoms with E-state index in [9.17, 15) is 0 Å². The Hall–Kier alpha value is -1.56. The van der Waals surface area contributed by atoms with Crippen molar-refractivity contribution in [2.45, 2.75) is 0 Å². The molecule has 0 aliphatic heterocycles. The van der Waals surface area contributed by atoms with Gasteiger partial charge in [-0.3, -0.25) is 0 Å². The van der Waals surface area contributed by atoms with Gasteiger partial charge in [0.15, 0.2) is 5.52 Å². The van der Waals surface area contributed by atoms with Crippen molar-refractivity contribution < 1.29 is 4.63 Å². The van der Waals surface area contributed by atoms with Crippen LogP contribution in [-0.4, -0.2) is 19.9 Å². The van der Waals surface area contributed by atoms with Crippen molar-refractivity contribution in [2.75, 3.05) is 0 Å². The van der Waals surface area contributed by atoms with Crippen LogP contribution >= 0.6 is 11.5 Å². The zero-order valence-corrected chi connectivity index (χ0v) is 6.58. The van der Waals surface area contributed by atoms with E-state index in [0.29, 0.717) is 5.52 Å². The molecule has 3 rings (SSSR count). The highest BCUT2D eigenvalue weighted by atomic mass is 32.1. The summed E-state index contributed by atoms with van der Waals surface area (Å²) >= 11 is 1.33. The molecule has 5 nitrogen and oxygen atoms in total. The fraction of sp³-hybridized carbons (Fsp3) is 0. The van der Waals surface area contributed by atoms with Crippen LogP contribution in [0.4, 0.5) is 0 Å². The molecule has 3 aromatic rings. The molecule has 0 unspecified atom stereocenters. The lowest BCUT2D eigenvalue weighted by Crippen LogP contribution is -1.72. The third-order valence-corrected chi connectivity index (χ3v) is 2.33. The molecule has 0 amide bonds. The van der Waals surface area contributed by atoms with E-state index in [2.05, 4.69) is 24.5 Å². The van der Waals surface area contributed by atoms with E-state index in [-0.39, 0.29) is 0 Å². The summed E-state index contributed by atoms with van der Waals surface area (Å²) in [5.74, 6) is 0. The molecule has 0 saturated carbocycles. The lowest BCUT2D eigenvalue weighted by molar-refractivity contribution is 0.315. The standard InChI is InChI=1S/C6H2N4OS/c1-2-4-6(7-10-12-4)5-3(1)8-11-9-5/h1-2H. The highest BCUT2D eigenvalue weighted by Crippen LogP contribution is 2.22. The van der Waals surface area contributed by atoms with Crippen LogP contribution in [0.5, 0.6) is 0 Å². The first-order valence-electron chi connectivity index (χ1n) is 3.28. The number of fused-ring (bicyclic) bond motifs is 3. The average molecular weight is 178 g/mol. The third kappa shape index (κ3) is 0.620.